The highest BCUT2D eigenvalue weighted by Gasteiger charge is 2.37. The summed E-state index contributed by atoms with van der Waals surface area (Å²) in [6, 6.07) is 12.6. The Kier molecular flexibility index (Phi) is 5.27. The molecule has 29 heavy (non-hydrogen) atoms. The summed E-state index contributed by atoms with van der Waals surface area (Å²) in [6.45, 7) is 2.71. The topological polar surface area (TPSA) is 79.0 Å². The summed E-state index contributed by atoms with van der Waals surface area (Å²) in [4.78, 5) is 28.1. The zero-order chi connectivity index (χ0) is 20.5. The number of thioether (sulfide) groups is 1. The first-order valence-electron chi connectivity index (χ1n) is 9.43. The fraction of sp³-hybridized carbons (Fsp3) is 0.286. The van der Waals surface area contributed by atoms with Gasteiger partial charge >= 0.3 is 0 Å². The number of anilines is 2. The molecule has 0 saturated heterocycles. The molecule has 6 nitrogen and oxygen atoms in total. The van der Waals surface area contributed by atoms with Gasteiger partial charge in [-0.3, -0.25) is 14.6 Å². The summed E-state index contributed by atoms with van der Waals surface area (Å²) in [7, 11) is 0. The van der Waals surface area contributed by atoms with Crippen LogP contribution in [0.1, 0.15) is 19.8 Å². The predicted octanol–water partition coefficient (Wildman–Crippen LogP) is 3.16. The van der Waals surface area contributed by atoms with Crippen molar-refractivity contribution in [3.63, 3.8) is 0 Å². The highest BCUT2D eigenvalue weighted by atomic mass is 32.2. The second-order valence-electron chi connectivity index (χ2n) is 7.13. The molecule has 150 valence electrons. The molecule has 0 spiro atoms. The molecule has 0 aliphatic carbocycles. The summed E-state index contributed by atoms with van der Waals surface area (Å²) in [6.07, 6.45) is 0.964. The van der Waals surface area contributed by atoms with Gasteiger partial charge in [-0.05, 0) is 42.8 Å². The van der Waals surface area contributed by atoms with Crippen LogP contribution in [0.2, 0.25) is 0 Å². The van der Waals surface area contributed by atoms with Gasteiger partial charge in [0, 0.05) is 23.1 Å². The van der Waals surface area contributed by atoms with Crippen molar-refractivity contribution in [3.8, 4) is 0 Å². The number of para-hydroxylation sites is 1. The molecule has 2 heterocycles. The molecule has 2 unspecified atom stereocenters. The van der Waals surface area contributed by atoms with E-state index in [0.29, 0.717) is 17.5 Å². The number of nitrogens with zero attached hydrogens (tertiary/aromatic N) is 3. The van der Waals surface area contributed by atoms with E-state index in [-0.39, 0.29) is 18.0 Å². The van der Waals surface area contributed by atoms with Crippen LogP contribution in [-0.4, -0.2) is 35.4 Å². The number of halogens is 1. The van der Waals surface area contributed by atoms with E-state index in [1.165, 1.54) is 29.3 Å². The quantitative estimate of drug-likeness (QED) is 0.840. The lowest BCUT2D eigenvalue weighted by Crippen LogP contribution is -2.40. The third-order valence-electron chi connectivity index (χ3n) is 5.07. The van der Waals surface area contributed by atoms with Gasteiger partial charge in [0.05, 0.1) is 11.4 Å². The van der Waals surface area contributed by atoms with E-state index in [9.17, 15) is 14.0 Å². The minimum atomic E-state index is -0.782. The molecule has 2 aliphatic rings. The summed E-state index contributed by atoms with van der Waals surface area (Å²) in [5, 5.41) is 6.21. The number of hydrazone groups is 1. The highest BCUT2D eigenvalue weighted by molar-refractivity contribution is 8.00. The first-order chi connectivity index (χ1) is 13.9. The lowest BCUT2D eigenvalue weighted by atomic mass is 10.1. The SMILES string of the molecule is CC1CCN(C(=O)C2=NN(c3ccc(F)cc3)C(C(N)=O)C2)c2ccccc2S1. The Morgan fingerprint density at radius 1 is 1.17 bits per heavy atom. The van der Waals surface area contributed by atoms with Gasteiger partial charge in [0.15, 0.2) is 0 Å². The average molecular weight is 412 g/mol. The molecular weight excluding hydrogens is 391 g/mol. The number of hydrogen-bond donors (Lipinski definition) is 1. The third-order valence-corrected chi connectivity index (χ3v) is 6.30. The van der Waals surface area contributed by atoms with Crippen LogP contribution in [-0.2, 0) is 9.59 Å². The number of amides is 2. The van der Waals surface area contributed by atoms with Crippen molar-refractivity contribution < 1.29 is 14.0 Å². The largest absolute Gasteiger partial charge is 0.368 e. The predicted molar refractivity (Wildman–Crippen MR) is 113 cm³/mol. The molecule has 8 heteroatoms. The maximum absolute atomic E-state index is 13.4. The number of benzene rings is 2. The maximum Gasteiger partial charge on any atom is 0.274 e. The van der Waals surface area contributed by atoms with Crippen LogP contribution in [0, 0.1) is 5.82 Å². The Hall–Kier alpha value is -2.87. The van der Waals surface area contributed by atoms with Gasteiger partial charge in [-0.2, -0.15) is 5.10 Å². The summed E-state index contributed by atoms with van der Waals surface area (Å²) in [5.74, 6) is -1.21. The molecule has 2 amide bonds. The van der Waals surface area contributed by atoms with E-state index in [1.54, 1.807) is 16.7 Å². The van der Waals surface area contributed by atoms with Crippen LogP contribution in [0.3, 0.4) is 0 Å². The molecule has 0 fully saturated rings. The lowest BCUT2D eigenvalue weighted by molar-refractivity contribution is -0.119. The Balaban J connectivity index is 1.67. The van der Waals surface area contributed by atoms with E-state index in [0.717, 1.165) is 17.0 Å². The number of hydrogen-bond acceptors (Lipinski definition) is 5. The zero-order valence-electron chi connectivity index (χ0n) is 15.9. The fourth-order valence-corrected chi connectivity index (χ4v) is 4.66. The molecule has 2 N–H and O–H groups in total. The molecule has 2 aromatic carbocycles. The molecule has 0 radical (unpaired) electrons. The smallest absolute Gasteiger partial charge is 0.274 e. The Labute approximate surface area is 172 Å². The number of carbonyl (C=O) groups is 2. The summed E-state index contributed by atoms with van der Waals surface area (Å²) < 4.78 is 13.3. The van der Waals surface area contributed by atoms with Crippen LogP contribution in [0.15, 0.2) is 58.5 Å². The van der Waals surface area contributed by atoms with Crippen molar-refractivity contribution in [2.45, 2.75) is 36.0 Å². The summed E-state index contributed by atoms with van der Waals surface area (Å²) in [5.41, 5.74) is 7.20. The van der Waals surface area contributed by atoms with Crippen molar-refractivity contribution >= 4 is 40.7 Å². The summed E-state index contributed by atoms with van der Waals surface area (Å²) >= 11 is 1.75. The zero-order valence-corrected chi connectivity index (χ0v) is 16.7. The standard InChI is InChI=1S/C21H21FN4O2S/c1-13-10-11-25(17-4-2-3-5-19(17)29-13)21(28)16-12-18(20(23)27)26(24-16)15-8-6-14(22)7-9-15/h2-9,13,18H,10-12H2,1H3,(H2,23,27). The van der Waals surface area contributed by atoms with Crippen LogP contribution < -0.4 is 15.6 Å². The highest BCUT2D eigenvalue weighted by Crippen LogP contribution is 2.38. The van der Waals surface area contributed by atoms with Gasteiger partial charge in [-0.15, -0.1) is 11.8 Å². The Bertz CT molecular complexity index is 979. The van der Waals surface area contributed by atoms with E-state index in [1.807, 2.05) is 24.3 Å². The van der Waals surface area contributed by atoms with Gasteiger partial charge in [0.25, 0.3) is 5.91 Å². The lowest BCUT2D eigenvalue weighted by Gasteiger charge is -2.22. The van der Waals surface area contributed by atoms with Crippen molar-refractivity contribution in [2.75, 3.05) is 16.5 Å². The number of rotatable bonds is 3. The molecule has 0 saturated carbocycles. The van der Waals surface area contributed by atoms with Gasteiger partial charge < -0.3 is 10.6 Å². The fourth-order valence-electron chi connectivity index (χ4n) is 3.55. The number of nitrogens with two attached hydrogens (primary N) is 1. The van der Waals surface area contributed by atoms with Crippen LogP contribution in [0.5, 0.6) is 0 Å². The Morgan fingerprint density at radius 3 is 2.62 bits per heavy atom. The molecule has 2 aromatic rings. The van der Waals surface area contributed by atoms with E-state index < -0.39 is 17.8 Å². The van der Waals surface area contributed by atoms with Crippen molar-refractivity contribution in [2.24, 2.45) is 10.8 Å². The van der Waals surface area contributed by atoms with E-state index in [2.05, 4.69) is 12.0 Å². The monoisotopic (exact) mass is 412 g/mol. The molecular formula is C21H21FN4O2S. The number of carbonyl (C=O) groups excluding carboxylic acids is 2. The van der Waals surface area contributed by atoms with Gasteiger partial charge in [0.2, 0.25) is 5.91 Å². The van der Waals surface area contributed by atoms with Crippen molar-refractivity contribution in [1.82, 2.24) is 0 Å². The minimum absolute atomic E-state index is 0.118. The molecule has 2 atom stereocenters. The third kappa shape index (κ3) is 3.85. The van der Waals surface area contributed by atoms with Crippen LogP contribution >= 0.6 is 11.8 Å². The van der Waals surface area contributed by atoms with E-state index >= 15 is 0 Å². The normalized spacial score (nSPS) is 21.4. The molecule has 4 rings (SSSR count). The van der Waals surface area contributed by atoms with Crippen molar-refractivity contribution in [1.29, 1.82) is 0 Å². The number of fused-ring (bicyclic) bond motifs is 1. The first-order valence-corrected chi connectivity index (χ1v) is 10.3. The van der Waals surface area contributed by atoms with E-state index in [4.69, 9.17) is 5.73 Å². The minimum Gasteiger partial charge on any atom is -0.368 e. The van der Waals surface area contributed by atoms with Gasteiger partial charge in [-0.25, -0.2) is 4.39 Å². The average Bonchev–Trinajstić information content (AvgIpc) is 3.08. The molecule has 0 aromatic heterocycles. The molecule has 2 aliphatic heterocycles. The first kappa shape index (κ1) is 19.4. The van der Waals surface area contributed by atoms with Crippen LogP contribution in [0.25, 0.3) is 0 Å². The Morgan fingerprint density at radius 2 is 1.90 bits per heavy atom. The van der Waals surface area contributed by atoms with Crippen molar-refractivity contribution in [3.05, 3.63) is 54.3 Å². The van der Waals surface area contributed by atoms with Crippen LogP contribution in [0.4, 0.5) is 15.8 Å². The maximum atomic E-state index is 13.4. The van der Waals surface area contributed by atoms with Gasteiger partial charge in [-0.1, -0.05) is 19.1 Å². The number of primary amides is 1. The second kappa shape index (κ2) is 7.87. The van der Waals surface area contributed by atoms with Gasteiger partial charge in [0.1, 0.15) is 17.6 Å². The second-order valence-corrected chi connectivity index (χ2v) is 8.61. The molecule has 0 bridgehead atoms.